The normalized spacial score (nSPS) is 25.0. The number of ether oxygens (including phenoxy) is 2. The fourth-order valence-electron chi connectivity index (χ4n) is 4.35. The SMILES string of the molecule is C[C@]1(Cc2ccc3c(c2)OCO3)CCCN(C(=O)CN2CCCC2=O)C1. The molecule has 26 heavy (non-hydrogen) atoms. The van der Waals surface area contributed by atoms with E-state index in [4.69, 9.17) is 9.47 Å². The maximum absolute atomic E-state index is 12.7. The Hall–Kier alpha value is -2.24. The predicted molar refractivity (Wildman–Crippen MR) is 96.0 cm³/mol. The second-order valence-corrected chi connectivity index (χ2v) is 8.01. The second-order valence-electron chi connectivity index (χ2n) is 8.01. The minimum Gasteiger partial charge on any atom is -0.454 e. The van der Waals surface area contributed by atoms with Gasteiger partial charge >= 0.3 is 0 Å². The minimum atomic E-state index is 0.0383. The maximum Gasteiger partial charge on any atom is 0.242 e. The zero-order valence-corrected chi connectivity index (χ0v) is 15.3. The van der Waals surface area contributed by atoms with Crippen LogP contribution in [0.1, 0.15) is 38.2 Å². The molecule has 2 fully saturated rings. The first-order valence-corrected chi connectivity index (χ1v) is 9.47. The molecule has 0 bridgehead atoms. The van der Waals surface area contributed by atoms with E-state index < -0.39 is 0 Å². The Labute approximate surface area is 154 Å². The zero-order chi connectivity index (χ0) is 18.1. The lowest BCUT2D eigenvalue weighted by Crippen LogP contribution is -2.49. The summed E-state index contributed by atoms with van der Waals surface area (Å²) < 4.78 is 10.9. The molecule has 6 nitrogen and oxygen atoms in total. The van der Waals surface area contributed by atoms with Gasteiger partial charge in [0.15, 0.2) is 11.5 Å². The molecule has 140 valence electrons. The number of piperidine rings is 1. The van der Waals surface area contributed by atoms with E-state index in [-0.39, 0.29) is 30.6 Å². The van der Waals surface area contributed by atoms with Crippen molar-refractivity contribution in [2.75, 3.05) is 33.0 Å². The van der Waals surface area contributed by atoms with Crippen LogP contribution in [0.5, 0.6) is 11.5 Å². The van der Waals surface area contributed by atoms with Gasteiger partial charge in [-0.1, -0.05) is 13.0 Å². The van der Waals surface area contributed by atoms with Gasteiger partial charge in [0.2, 0.25) is 18.6 Å². The standard InChI is InChI=1S/C20H26N2O4/c1-20(11-15-5-6-16-17(10-15)26-14-25-16)7-3-9-22(13-20)19(24)12-21-8-2-4-18(21)23/h5-6,10H,2-4,7-9,11-14H2,1H3/t20-/m1/s1. The highest BCUT2D eigenvalue weighted by Crippen LogP contribution is 2.37. The molecular weight excluding hydrogens is 332 g/mol. The van der Waals surface area contributed by atoms with E-state index in [2.05, 4.69) is 19.1 Å². The molecule has 0 saturated carbocycles. The van der Waals surface area contributed by atoms with Crippen molar-refractivity contribution >= 4 is 11.8 Å². The van der Waals surface area contributed by atoms with Gasteiger partial charge in [-0.05, 0) is 48.8 Å². The van der Waals surface area contributed by atoms with Crippen LogP contribution in [-0.4, -0.2) is 54.6 Å². The van der Waals surface area contributed by atoms with Gasteiger partial charge in [-0.15, -0.1) is 0 Å². The van der Waals surface area contributed by atoms with E-state index in [9.17, 15) is 9.59 Å². The Morgan fingerprint density at radius 1 is 1.19 bits per heavy atom. The van der Waals surface area contributed by atoms with Crippen molar-refractivity contribution in [3.63, 3.8) is 0 Å². The number of carbonyl (C=O) groups excluding carboxylic acids is 2. The first kappa shape index (κ1) is 17.2. The molecule has 2 amide bonds. The van der Waals surface area contributed by atoms with Gasteiger partial charge in [0.25, 0.3) is 0 Å². The molecule has 3 aliphatic rings. The summed E-state index contributed by atoms with van der Waals surface area (Å²) >= 11 is 0. The van der Waals surface area contributed by atoms with Crippen LogP contribution >= 0.6 is 0 Å². The molecule has 1 atom stereocenters. The Kier molecular flexibility index (Phi) is 4.51. The van der Waals surface area contributed by atoms with Crippen LogP contribution in [0.2, 0.25) is 0 Å². The first-order valence-electron chi connectivity index (χ1n) is 9.47. The summed E-state index contributed by atoms with van der Waals surface area (Å²) in [5.41, 5.74) is 1.25. The number of benzene rings is 1. The minimum absolute atomic E-state index is 0.0383. The van der Waals surface area contributed by atoms with Gasteiger partial charge < -0.3 is 19.3 Å². The second kappa shape index (κ2) is 6.82. The number of rotatable bonds is 4. The topological polar surface area (TPSA) is 59.1 Å². The molecule has 1 aromatic rings. The average molecular weight is 358 g/mol. The van der Waals surface area contributed by atoms with Crippen LogP contribution in [0.15, 0.2) is 18.2 Å². The quantitative estimate of drug-likeness (QED) is 0.828. The molecule has 0 spiro atoms. The Morgan fingerprint density at radius 2 is 2.04 bits per heavy atom. The maximum atomic E-state index is 12.7. The highest BCUT2D eigenvalue weighted by molar-refractivity contribution is 5.86. The number of carbonyl (C=O) groups is 2. The average Bonchev–Trinajstić information content (AvgIpc) is 3.23. The van der Waals surface area contributed by atoms with Crippen molar-refractivity contribution in [3.8, 4) is 11.5 Å². The highest BCUT2D eigenvalue weighted by atomic mass is 16.7. The van der Waals surface area contributed by atoms with Gasteiger partial charge in [0.1, 0.15) is 0 Å². The molecule has 6 heteroatoms. The van der Waals surface area contributed by atoms with Crippen LogP contribution in [0.3, 0.4) is 0 Å². The smallest absolute Gasteiger partial charge is 0.242 e. The van der Waals surface area contributed by atoms with Crippen molar-refractivity contribution in [2.45, 2.75) is 39.0 Å². The fourth-order valence-corrected chi connectivity index (χ4v) is 4.35. The Morgan fingerprint density at radius 3 is 2.85 bits per heavy atom. The van der Waals surface area contributed by atoms with Crippen LogP contribution < -0.4 is 9.47 Å². The Balaban J connectivity index is 1.40. The van der Waals surface area contributed by atoms with Gasteiger partial charge in [-0.25, -0.2) is 0 Å². The fraction of sp³-hybridized carbons (Fsp3) is 0.600. The van der Waals surface area contributed by atoms with Crippen molar-refractivity contribution in [1.29, 1.82) is 0 Å². The number of hydrogen-bond donors (Lipinski definition) is 0. The van der Waals surface area contributed by atoms with E-state index in [0.29, 0.717) is 13.0 Å². The summed E-state index contributed by atoms with van der Waals surface area (Å²) in [6, 6.07) is 6.10. The van der Waals surface area contributed by atoms with Crippen LogP contribution in [0.25, 0.3) is 0 Å². The molecule has 4 rings (SSSR count). The molecule has 1 aromatic carbocycles. The summed E-state index contributed by atoms with van der Waals surface area (Å²) in [6.07, 6.45) is 4.44. The number of amides is 2. The van der Waals surface area contributed by atoms with E-state index in [1.54, 1.807) is 4.90 Å². The third-order valence-corrected chi connectivity index (χ3v) is 5.70. The highest BCUT2D eigenvalue weighted by Gasteiger charge is 2.35. The van der Waals surface area contributed by atoms with Gasteiger partial charge in [0, 0.05) is 26.1 Å². The molecule has 0 aromatic heterocycles. The summed E-state index contributed by atoms with van der Waals surface area (Å²) in [7, 11) is 0. The number of fused-ring (bicyclic) bond motifs is 1. The molecule has 0 N–H and O–H groups in total. The zero-order valence-electron chi connectivity index (χ0n) is 15.3. The summed E-state index contributed by atoms with van der Waals surface area (Å²) in [4.78, 5) is 28.1. The lowest BCUT2D eigenvalue weighted by Gasteiger charge is -2.41. The lowest BCUT2D eigenvalue weighted by atomic mass is 9.77. The van der Waals surface area contributed by atoms with E-state index >= 15 is 0 Å². The molecule has 0 aliphatic carbocycles. The van der Waals surface area contributed by atoms with E-state index in [1.165, 1.54) is 5.56 Å². The summed E-state index contributed by atoms with van der Waals surface area (Å²) in [5.74, 6) is 1.80. The van der Waals surface area contributed by atoms with Crippen LogP contribution in [0, 0.1) is 5.41 Å². The summed E-state index contributed by atoms with van der Waals surface area (Å²) in [6.45, 7) is 5.01. The molecule has 0 unspecified atom stereocenters. The molecule has 3 heterocycles. The summed E-state index contributed by atoms with van der Waals surface area (Å²) in [5, 5.41) is 0. The third kappa shape index (κ3) is 3.50. The van der Waals surface area contributed by atoms with E-state index in [0.717, 1.165) is 50.3 Å². The monoisotopic (exact) mass is 358 g/mol. The van der Waals surface area contributed by atoms with Crippen LogP contribution in [-0.2, 0) is 16.0 Å². The lowest BCUT2D eigenvalue weighted by molar-refractivity contribution is -0.140. The molecule has 0 radical (unpaired) electrons. The Bertz CT molecular complexity index is 720. The number of hydrogen-bond acceptors (Lipinski definition) is 4. The number of nitrogens with zero attached hydrogens (tertiary/aromatic N) is 2. The van der Waals surface area contributed by atoms with Crippen molar-refractivity contribution < 1.29 is 19.1 Å². The molecule has 2 saturated heterocycles. The van der Waals surface area contributed by atoms with Gasteiger partial charge in [0.05, 0.1) is 6.54 Å². The van der Waals surface area contributed by atoms with Crippen LogP contribution in [0.4, 0.5) is 0 Å². The third-order valence-electron chi connectivity index (χ3n) is 5.70. The van der Waals surface area contributed by atoms with E-state index in [1.807, 2.05) is 11.0 Å². The van der Waals surface area contributed by atoms with Crippen molar-refractivity contribution in [1.82, 2.24) is 9.80 Å². The number of likely N-dealkylation sites (tertiary alicyclic amines) is 2. The predicted octanol–water partition coefficient (Wildman–Crippen LogP) is 2.21. The largest absolute Gasteiger partial charge is 0.454 e. The van der Waals surface area contributed by atoms with Gasteiger partial charge in [-0.2, -0.15) is 0 Å². The van der Waals surface area contributed by atoms with Gasteiger partial charge in [-0.3, -0.25) is 9.59 Å². The molecule has 3 aliphatic heterocycles. The van der Waals surface area contributed by atoms with Crippen molar-refractivity contribution in [3.05, 3.63) is 23.8 Å². The first-order chi connectivity index (χ1) is 12.5. The van der Waals surface area contributed by atoms with Crippen molar-refractivity contribution in [2.24, 2.45) is 5.41 Å². The molecular formula is C20H26N2O4.